The summed E-state index contributed by atoms with van der Waals surface area (Å²) in [5, 5.41) is 13.2. The lowest BCUT2D eigenvalue weighted by molar-refractivity contribution is -0.121. The molecule has 140 valence electrons. The Kier molecular flexibility index (Phi) is 5.65. The van der Waals surface area contributed by atoms with Crippen LogP contribution in [0.15, 0.2) is 51.4 Å². The highest BCUT2D eigenvalue weighted by atomic mass is 79.9. The van der Waals surface area contributed by atoms with Crippen molar-refractivity contribution in [2.75, 3.05) is 0 Å². The molecule has 2 aromatic carbocycles. The number of amides is 1. The molecule has 1 amide bonds. The molecule has 0 saturated carbocycles. The van der Waals surface area contributed by atoms with Crippen LogP contribution < -0.4 is 5.32 Å². The number of hydrogen-bond acceptors (Lipinski definition) is 4. The Labute approximate surface area is 165 Å². The largest absolute Gasteiger partial charge is 0.508 e. The summed E-state index contributed by atoms with van der Waals surface area (Å²) in [5.74, 6) is 0.196. The number of aromatic hydroxyl groups is 1. The molecule has 0 atom stereocenters. The number of nitrogens with one attached hydrogen (secondary N) is 1. The molecule has 6 heteroatoms. The van der Waals surface area contributed by atoms with Crippen LogP contribution in [0.25, 0.3) is 11.0 Å². The molecule has 0 radical (unpaired) electrons. The maximum absolute atomic E-state index is 13.1. The molecule has 5 nitrogen and oxygen atoms in total. The summed E-state index contributed by atoms with van der Waals surface area (Å²) in [6, 6.07) is 11.7. The van der Waals surface area contributed by atoms with E-state index < -0.39 is 0 Å². The number of phenolic OH excluding ortho intramolecular Hbond substituents is 1. The standard InChI is InChI=1S/C21H20BrNO4/c1-12(2)23-19(25)10-9-18-20(16-11-15(24)7-8-17(16)27-18)21(26)13-3-5-14(22)6-4-13/h3-8,11-12,24H,9-10H2,1-2H3,(H,23,25). The Hall–Kier alpha value is -2.60. The Balaban J connectivity index is 2.00. The van der Waals surface area contributed by atoms with E-state index in [1.165, 1.54) is 12.1 Å². The minimum atomic E-state index is -0.203. The first-order valence-corrected chi connectivity index (χ1v) is 9.48. The van der Waals surface area contributed by atoms with Crippen molar-refractivity contribution in [1.82, 2.24) is 5.32 Å². The van der Waals surface area contributed by atoms with E-state index in [1.54, 1.807) is 30.3 Å². The Morgan fingerprint density at radius 1 is 1.15 bits per heavy atom. The topological polar surface area (TPSA) is 79.5 Å². The van der Waals surface area contributed by atoms with Gasteiger partial charge >= 0.3 is 0 Å². The molecule has 1 heterocycles. The highest BCUT2D eigenvalue weighted by Gasteiger charge is 2.23. The van der Waals surface area contributed by atoms with Crippen molar-refractivity contribution >= 4 is 38.6 Å². The molecule has 2 N–H and O–H groups in total. The number of benzene rings is 2. The van der Waals surface area contributed by atoms with Gasteiger partial charge in [-0.1, -0.05) is 15.9 Å². The van der Waals surface area contributed by atoms with Gasteiger partial charge in [-0.15, -0.1) is 0 Å². The highest BCUT2D eigenvalue weighted by molar-refractivity contribution is 9.10. The molecule has 0 spiro atoms. The number of furan rings is 1. The van der Waals surface area contributed by atoms with Crippen LogP contribution in [0.1, 0.15) is 41.9 Å². The Morgan fingerprint density at radius 3 is 2.52 bits per heavy atom. The zero-order chi connectivity index (χ0) is 19.6. The fraction of sp³-hybridized carbons (Fsp3) is 0.238. The summed E-state index contributed by atoms with van der Waals surface area (Å²) in [5.41, 5.74) is 1.41. The summed E-state index contributed by atoms with van der Waals surface area (Å²) >= 11 is 3.36. The SMILES string of the molecule is CC(C)NC(=O)CCc1oc2ccc(O)cc2c1C(=O)c1ccc(Br)cc1. The van der Waals surface area contributed by atoms with Gasteiger partial charge in [-0.2, -0.15) is 0 Å². The first-order valence-electron chi connectivity index (χ1n) is 8.69. The van der Waals surface area contributed by atoms with Gasteiger partial charge in [0.25, 0.3) is 0 Å². The number of carbonyl (C=O) groups is 2. The summed E-state index contributed by atoms with van der Waals surface area (Å²) < 4.78 is 6.73. The van der Waals surface area contributed by atoms with Gasteiger partial charge in [0.2, 0.25) is 5.91 Å². The number of halogens is 1. The molecule has 3 rings (SSSR count). The monoisotopic (exact) mass is 429 g/mol. The molecule has 0 unspecified atom stereocenters. The van der Waals surface area contributed by atoms with Gasteiger partial charge < -0.3 is 14.8 Å². The minimum absolute atomic E-state index is 0.0500. The lowest BCUT2D eigenvalue weighted by atomic mass is 9.98. The molecule has 0 aliphatic heterocycles. The molecule has 0 aliphatic carbocycles. The fourth-order valence-corrected chi connectivity index (χ4v) is 3.19. The van der Waals surface area contributed by atoms with Gasteiger partial charge in [-0.05, 0) is 56.3 Å². The second-order valence-electron chi connectivity index (χ2n) is 6.64. The van der Waals surface area contributed by atoms with Gasteiger partial charge in [0.15, 0.2) is 5.78 Å². The van der Waals surface area contributed by atoms with Gasteiger partial charge in [-0.3, -0.25) is 9.59 Å². The molecule has 0 aliphatic rings. The van der Waals surface area contributed by atoms with Gasteiger partial charge in [0.1, 0.15) is 17.1 Å². The number of fused-ring (bicyclic) bond motifs is 1. The molecule has 3 aromatic rings. The smallest absolute Gasteiger partial charge is 0.220 e. The highest BCUT2D eigenvalue weighted by Crippen LogP contribution is 2.32. The second-order valence-corrected chi connectivity index (χ2v) is 7.55. The first-order chi connectivity index (χ1) is 12.8. The van der Waals surface area contributed by atoms with Crippen molar-refractivity contribution < 1.29 is 19.1 Å². The van der Waals surface area contributed by atoms with Crippen molar-refractivity contribution in [2.45, 2.75) is 32.7 Å². The molecule has 1 aromatic heterocycles. The normalized spacial score (nSPS) is 11.1. The molecule has 0 saturated heterocycles. The van der Waals surface area contributed by atoms with Crippen molar-refractivity contribution in [3.8, 4) is 5.75 Å². The van der Waals surface area contributed by atoms with E-state index in [4.69, 9.17) is 4.42 Å². The van der Waals surface area contributed by atoms with Gasteiger partial charge in [0, 0.05) is 34.3 Å². The molecule has 0 fully saturated rings. The summed E-state index contributed by atoms with van der Waals surface area (Å²) in [6.45, 7) is 3.79. The van der Waals surface area contributed by atoms with Crippen molar-refractivity contribution in [1.29, 1.82) is 0 Å². The molecule has 0 bridgehead atoms. The van der Waals surface area contributed by atoms with Crippen LogP contribution in [0, 0.1) is 0 Å². The van der Waals surface area contributed by atoms with Gasteiger partial charge in [0.05, 0.1) is 5.56 Å². The van der Waals surface area contributed by atoms with Crippen LogP contribution in [0.4, 0.5) is 0 Å². The van der Waals surface area contributed by atoms with E-state index in [9.17, 15) is 14.7 Å². The van der Waals surface area contributed by atoms with E-state index in [0.717, 1.165) is 4.47 Å². The van der Waals surface area contributed by atoms with Crippen LogP contribution in [-0.4, -0.2) is 22.8 Å². The van der Waals surface area contributed by atoms with Crippen LogP contribution in [0.3, 0.4) is 0 Å². The third-order valence-corrected chi connectivity index (χ3v) is 4.64. The van der Waals surface area contributed by atoms with E-state index in [-0.39, 0.29) is 29.9 Å². The number of aryl methyl sites for hydroxylation is 1. The van der Waals surface area contributed by atoms with Crippen molar-refractivity contribution in [3.63, 3.8) is 0 Å². The third kappa shape index (κ3) is 4.39. The average molecular weight is 430 g/mol. The Morgan fingerprint density at radius 2 is 1.85 bits per heavy atom. The Bertz CT molecular complexity index is 989. The summed E-state index contributed by atoms with van der Waals surface area (Å²) in [7, 11) is 0. The van der Waals surface area contributed by atoms with Crippen LogP contribution in [0.5, 0.6) is 5.75 Å². The quantitative estimate of drug-likeness (QED) is 0.561. The van der Waals surface area contributed by atoms with E-state index in [0.29, 0.717) is 34.3 Å². The average Bonchev–Trinajstić information content (AvgIpc) is 2.97. The zero-order valence-electron chi connectivity index (χ0n) is 15.1. The van der Waals surface area contributed by atoms with E-state index in [2.05, 4.69) is 21.2 Å². The number of hydrogen-bond donors (Lipinski definition) is 2. The number of ketones is 1. The maximum atomic E-state index is 13.1. The molecular formula is C21H20BrNO4. The van der Waals surface area contributed by atoms with Crippen molar-refractivity contribution in [2.24, 2.45) is 0 Å². The maximum Gasteiger partial charge on any atom is 0.220 e. The van der Waals surface area contributed by atoms with Crippen LogP contribution in [0.2, 0.25) is 0 Å². The van der Waals surface area contributed by atoms with E-state index >= 15 is 0 Å². The number of carbonyl (C=O) groups excluding carboxylic acids is 2. The lowest BCUT2D eigenvalue weighted by Gasteiger charge is -2.08. The molecular weight excluding hydrogens is 410 g/mol. The lowest BCUT2D eigenvalue weighted by Crippen LogP contribution is -2.30. The number of rotatable bonds is 6. The van der Waals surface area contributed by atoms with Crippen LogP contribution in [-0.2, 0) is 11.2 Å². The third-order valence-electron chi connectivity index (χ3n) is 4.11. The predicted molar refractivity (Wildman–Crippen MR) is 107 cm³/mol. The second kappa shape index (κ2) is 7.96. The summed E-state index contributed by atoms with van der Waals surface area (Å²) in [6.07, 6.45) is 0.510. The fourth-order valence-electron chi connectivity index (χ4n) is 2.93. The van der Waals surface area contributed by atoms with Crippen LogP contribution >= 0.6 is 15.9 Å². The molecule has 27 heavy (non-hydrogen) atoms. The van der Waals surface area contributed by atoms with Crippen molar-refractivity contribution in [3.05, 3.63) is 63.8 Å². The van der Waals surface area contributed by atoms with Gasteiger partial charge in [-0.25, -0.2) is 0 Å². The predicted octanol–water partition coefficient (Wildman–Crippen LogP) is 4.59. The van der Waals surface area contributed by atoms with E-state index in [1.807, 2.05) is 13.8 Å². The first kappa shape index (κ1) is 19.2. The summed E-state index contributed by atoms with van der Waals surface area (Å²) in [4.78, 5) is 25.1. The minimum Gasteiger partial charge on any atom is -0.508 e. The number of phenols is 1. The zero-order valence-corrected chi connectivity index (χ0v) is 16.7.